The molecule has 8 heteroatoms. The van der Waals surface area contributed by atoms with Gasteiger partial charge in [0.15, 0.2) is 0 Å². The second-order valence-electron chi connectivity index (χ2n) is 3.56. The number of methoxy groups -OCH3 is 1. The van der Waals surface area contributed by atoms with E-state index in [1.807, 2.05) is 0 Å². The fraction of sp³-hybridized carbons (Fsp3) is 0.600. The quantitative estimate of drug-likeness (QED) is 0.326. The highest BCUT2D eigenvalue weighted by molar-refractivity contribution is 5.87. The predicted octanol–water partition coefficient (Wildman–Crippen LogP) is -0.0372. The van der Waals surface area contributed by atoms with E-state index in [1.54, 1.807) is 6.92 Å². The highest BCUT2D eigenvalue weighted by Crippen LogP contribution is 2.21. The summed E-state index contributed by atoms with van der Waals surface area (Å²) in [5.41, 5.74) is -0.544. The van der Waals surface area contributed by atoms with Crippen LogP contribution in [0, 0.1) is 10.1 Å². The largest absolute Gasteiger partial charge is 0.467 e. The lowest BCUT2D eigenvalue weighted by Gasteiger charge is -2.08. The van der Waals surface area contributed by atoms with Crippen LogP contribution in [0.2, 0.25) is 0 Å². The Morgan fingerprint density at radius 1 is 1.56 bits per heavy atom. The van der Waals surface area contributed by atoms with Gasteiger partial charge in [0.1, 0.15) is 6.04 Å². The van der Waals surface area contributed by atoms with Crippen LogP contribution in [0.3, 0.4) is 0 Å². The molecule has 0 aliphatic carbocycles. The van der Waals surface area contributed by atoms with Crippen LogP contribution in [0.25, 0.3) is 0 Å². The molecule has 100 valence electrons. The summed E-state index contributed by atoms with van der Waals surface area (Å²) in [5, 5.41) is 13.5. The Labute approximate surface area is 103 Å². The second kappa shape index (κ2) is 5.99. The molecule has 18 heavy (non-hydrogen) atoms. The van der Waals surface area contributed by atoms with E-state index in [9.17, 15) is 19.7 Å². The van der Waals surface area contributed by atoms with Crippen LogP contribution in [0.15, 0.2) is 11.4 Å². The van der Waals surface area contributed by atoms with Crippen molar-refractivity contribution in [3.8, 4) is 0 Å². The van der Waals surface area contributed by atoms with E-state index in [0.29, 0.717) is 6.42 Å². The maximum absolute atomic E-state index is 11.4. The number of allylic oxidation sites excluding steroid dienone is 1. The van der Waals surface area contributed by atoms with Crippen LogP contribution in [-0.2, 0) is 19.1 Å². The first kappa shape index (κ1) is 13.9. The molecule has 0 aromatic heterocycles. The van der Waals surface area contributed by atoms with Gasteiger partial charge in [-0.1, -0.05) is 0 Å². The smallest absolute Gasteiger partial charge is 0.411 e. The van der Waals surface area contributed by atoms with Crippen molar-refractivity contribution in [2.45, 2.75) is 25.8 Å². The molecule has 1 atom stereocenters. The Hall–Kier alpha value is -2.12. The monoisotopic (exact) mass is 258 g/mol. The van der Waals surface area contributed by atoms with Gasteiger partial charge in [0, 0.05) is 0 Å². The fourth-order valence-corrected chi connectivity index (χ4v) is 1.66. The average Bonchev–Trinajstić information content (AvgIpc) is 2.77. The first-order chi connectivity index (χ1) is 8.51. The van der Waals surface area contributed by atoms with Crippen LogP contribution >= 0.6 is 0 Å². The average molecular weight is 258 g/mol. The van der Waals surface area contributed by atoms with Gasteiger partial charge >= 0.3 is 17.6 Å². The van der Waals surface area contributed by atoms with Gasteiger partial charge in [-0.15, -0.1) is 0 Å². The minimum Gasteiger partial charge on any atom is -0.467 e. The molecule has 0 bridgehead atoms. The summed E-state index contributed by atoms with van der Waals surface area (Å²) in [6.07, 6.45) is 0.577. The molecule has 0 spiro atoms. The van der Waals surface area contributed by atoms with Crippen molar-refractivity contribution in [2.24, 2.45) is 0 Å². The van der Waals surface area contributed by atoms with Crippen molar-refractivity contribution >= 4 is 11.9 Å². The minimum atomic E-state index is -1.00. The van der Waals surface area contributed by atoms with Crippen LogP contribution in [0.4, 0.5) is 0 Å². The van der Waals surface area contributed by atoms with Gasteiger partial charge in [-0.2, -0.15) is 0 Å². The van der Waals surface area contributed by atoms with Gasteiger partial charge in [-0.3, -0.25) is 10.1 Å². The lowest BCUT2D eigenvalue weighted by atomic mass is 10.2. The van der Waals surface area contributed by atoms with Gasteiger partial charge in [-0.25, -0.2) is 9.59 Å². The highest BCUT2D eigenvalue weighted by atomic mass is 16.6. The molecule has 1 aliphatic rings. The normalized spacial score (nSPS) is 20.9. The summed E-state index contributed by atoms with van der Waals surface area (Å²) < 4.78 is 9.13. The number of ether oxygens (including phenoxy) is 2. The first-order valence-electron chi connectivity index (χ1n) is 5.40. The van der Waals surface area contributed by atoms with E-state index in [1.165, 1.54) is 7.11 Å². The molecule has 0 aromatic carbocycles. The third-order valence-corrected chi connectivity index (χ3v) is 2.45. The number of carbonyl (C=O) groups is 2. The Balaban J connectivity index is 2.92. The van der Waals surface area contributed by atoms with E-state index in [0.717, 1.165) is 0 Å². The number of hydrogen-bond acceptors (Lipinski definition) is 7. The van der Waals surface area contributed by atoms with Crippen molar-refractivity contribution in [2.75, 3.05) is 13.7 Å². The number of nitrogens with one attached hydrogen (secondary N) is 1. The molecule has 0 aromatic rings. The number of nitrogens with zero attached hydrogens (tertiary/aromatic N) is 1. The zero-order valence-electron chi connectivity index (χ0n) is 10.1. The van der Waals surface area contributed by atoms with Gasteiger partial charge in [0.05, 0.1) is 24.3 Å². The van der Waals surface area contributed by atoms with Crippen LogP contribution in [0.5, 0.6) is 0 Å². The highest BCUT2D eigenvalue weighted by Gasteiger charge is 2.36. The van der Waals surface area contributed by atoms with Crippen LogP contribution in [0.1, 0.15) is 19.8 Å². The molecular weight excluding hydrogens is 244 g/mol. The van der Waals surface area contributed by atoms with E-state index >= 15 is 0 Å². The molecule has 1 heterocycles. The second-order valence-corrected chi connectivity index (χ2v) is 3.56. The third kappa shape index (κ3) is 2.96. The summed E-state index contributed by atoms with van der Waals surface area (Å²) in [5.74, 6) is -1.52. The van der Waals surface area contributed by atoms with Crippen molar-refractivity contribution in [1.82, 2.24) is 5.32 Å². The molecule has 0 saturated carbocycles. The number of esters is 2. The topological polar surface area (TPSA) is 108 Å². The third-order valence-electron chi connectivity index (χ3n) is 2.45. The Morgan fingerprint density at radius 2 is 2.22 bits per heavy atom. The number of hydrogen-bond donors (Lipinski definition) is 1. The van der Waals surface area contributed by atoms with Gasteiger partial charge in [0.25, 0.3) is 0 Å². The molecule has 1 aliphatic heterocycles. The zero-order chi connectivity index (χ0) is 13.7. The molecule has 1 saturated heterocycles. The standard InChI is InChI=1S/C10H14N2O6/c1-3-18-10(14)8(12(15)16)6-4-5-7(11-6)9(13)17-2/h7,11H,3-5H2,1-2H3/b8-6+/t7-/m0/s1. The van der Waals surface area contributed by atoms with Gasteiger partial charge in [0.2, 0.25) is 0 Å². The van der Waals surface area contributed by atoms with E-state index in [2.05, 4.69) is 14.8 Å². The maximum Gasteiger partial charge on any atom is 0.411 e. The van der Waals surface area contributed by atoms with Crippen LogP contribution in [-0.4, -0.2) is 36.6 Å². The molecule has 1 N–H and O–H groups in total. The fourth-order valence-electron chi connectivity index (χ4n) is 1.66. The van der Waals surface area contributed by atoms with E-state index in [4.69, 9.17) is 0 Å². The summed E-state index contributed by atoms with van der Waals surface area (Å²) >= 11 is 0. The predicted molar refractivity (Wildman–Crippen MR) is 58.8 cm³/mol. The molecule has 0 amide bonds. The van der Waals surface area contributed by atoms with Gasteiger partial charge in [-0.05, 0) is 19.8 Å². The molecular formula is C10H14N2O6. The summed E-state index contributed by atoms with van der Waals surface area (Å²) in [7, 11) is 1.23. The molecule has 8 nitrogen and oxygen atoms in total. The van der Waals surface area contributed by atoms with Crippen molar-refractivity contribution in [3.63, 3.8) is 0 Å². The van der Waals surface area contributed by atoms with E-state index in [-0.39, 0.29) is 18.7 Å². The van der Waals surface area contributed by atoms with Gasteiger partial charge < -0.3 is 14.8 Å². The minimum absolute atomic E-state index is 0.0455. The SMILES string of the molecule is CCOC(=O)/C(=C1/CC[C@@H](C(=O)OC)N1)[N+](=O)[O-]. The Kier molecular flexibility index (Phi) is 4.64. The molecule has 1 fully saturated rings. The number of nitro groups is 1. The summed E-state index contributed by atoms with van der Waals surface area (Å²) in [6.45, 7) is 1.60. The lowest BCUT2D eigenvalue weighted by Crippen LogP contribution is -2.32. The zero-order valence-corrected chi connectivity index (χ0v) is 10.1. The number of rotatable bonds is 4. The maximum atomic E-state index is 11.4. The Bertz CT molecular complexity index is 403. The number of carbonyl (C=O) groups excluding carboxylic acids is 2. The Morgan fingerprint density at radius 3 is 2.72 bits per heavy atom. The van der Waals surface area contributed by atoms with Crippen molar-refractivity contribution in [1.29, 1.82) is 0 Å². The van der Waals surface area contributed by atoms with Crippen molar-refractivity contribution in [3.05, 3.63) is 21.5 Å². The molecule has 1 rings (SSSR count). The van der Waals surface area contributed by atoms with Crippen LogP contribution < -0.4 is 5.32 Å². The molecule has 0 radical (unpaired) electrons. The van der Waals surface area contributed by atoms with Crippen molar-refractivity contribution < 1.29 is 24.0 Å². The summed E-state index contributed by atoms with van der Waals surface area (Å²) in [4.78, 5) is 32.7. The first-order valence-corrected chi connectivity index (χ1v) is 5.40. The lowest BCUT2D eigenvalue weighted by molar-refractivity contribution is -0.422. The molecule has 0 unspecified atom stereocenters. The summed E-state index contributed by atoms with van der Waals surface area (Å²) in [6, 6.07) is -0.658. The van der Waals surface area contributed by atoms with E-state index < -0.39 is 28.6 Å².